The third-order valence-corrected chi connectivity index (χ3v) is 6.61. The summed E-state index contributed by atoms with van der Waals surface area (Å²) in [6.45, 7) is 3.20. The molecule has 1 fully saturated rings. The Morgan fingerprint density at radius 1 is 1.12 bits per heavy atom. The molecule has 0 saturated carbocycles. The molecule has 3 rings (SSSR count). The lowest BCUT2D eigenvalue weighted by molar-refractivity contribution is -0.132. The Morgan fingerprint density at radius 3 is 2.42 bits per heavy atom. The van der Waals surface area contributed by atoms with Crippen LogP contribution in [0.3, 0.4) is 0 Å². The van der Waals surface area contributed by atoms with Crippen molar-refractivity contribution < 1.29 is 17.9 Å². The van der Waals surface area contributed by atoms with Gasteiger partial charge >= 0.3 is 0 Å². The van der Waals surface area contributed by atoms with Crippen LogP contribution in [-0.2, 0) is 26.1 Å². The van der Waals surface area contributed by atoms with Crippen LogP contribution in [0, 0.1) is 6.92 Å². The van der Waals surface area contributed by atoms with Gasteiger partial charge in [-0.3, -0.25) is 4.79 Å². The molecule has 1 N–H and O–H groups in total. The summed E-state index contributed by atoms with van der Waals surface area (Å²) in [5.41, 5.74) is 3.93. The molecule has 0 bridgehead atoms. The van der Waals surface area contributed by atoms with Crippen LogP contribution in [0.15, 0.2) is 53.9 Å². The lowest BCUT2D eigenvalue weighted by Crippen LogP contribution is -2.42. The minimum Gasteiger partial charge on any atom is -0.378 e. The minimum atomic E-state index is -3.75. The molecular weight excluding hydrogens is 438 g/mol. The van der Waals surface area contributed by atoms with Crippen molar-refractivity contribution >= 4 is 27.7 Å². The summed E-state index contributed by atoms with van der Waals surface area (Å²) in [5, 5.41) is 1.09. The smallest absolute Gasteiger partial charge is 0.238 e. The molecule has 2 aromatic rings. The van der Waals surface area contributed by atoms with E-state index in [1.54, 1.807) is 4.90 Å². The molecule has 8 heteroatoms. The number of nitrogens with zero attached hydrogens (tertiary/aromatic N) is 2. The first kappa shape index (κ1) is 25.0. The highest BCUT2D eigenvalue weighted by Crippen LogP contribution is 2.17. The van der Waals surface area contributed by atoms with Gasteiger partial charge in [0.2, 0.25) is 15.9 Å². The van der Waals surface area contributed by atoms with Crippen molar-refractivity contribution in [2.45, 2.75) is 32.4 Å². The van der Waals surface area contributed by atoms with E-state index in [0.717, 1.165) is 40.6 Å². The van der Waals surface area contributed by atoms with Crippen LogP contribution in [0.1, 0.15) is 29.5 Å². The number of carbonyl (C=O) groups is 1. The second kappa shape index (κ2) is 11.4. The zero-order chi connectivity index (χ0) is 23.8. The summed E-state index contributed by atoms with van der Waals surface area (Å²) in [6.07, 6.45) is 3.37. The molecule has 0 aliphatic carbocycles. The van der Waals surface area contributed by atoms with Gasteiger partial charge in [-0.05, 0) is 49.1 Å². The number of ether oxygens (including phenoxy) is 1. The topological polar surface area (TPSA) is 79.0 Å². The van der Waals surface area contributed by atoms with Gasteiger partial charge in [-0.2, -0.15) is 0 Å². The van der Waals surface area contributed by atoms with Crippen LogP contribution >= 0.6 is 0 Å². The molecule has 2 aromatic carbocycles. The third-order valence-electron chi connectivity index (χ3n) is 5.57. The molecule has 0 spiro atoms. The van der Waals surface area contributed by atoms with E-state index in [1.165, 1.54) is 6.08 Å². The number of amides is 1. The molecule has 1 heterocycles. The molecule has 1 saturated heterocycles. The fraction of sp³-hybridized carbons (Fsp3) is 0.400. The van der Waals surface area contributed by atoms with Gasteiger partial charge in [-0.15, -0.1) is 0 Å². The van der Waals surface area contributed by atoms with Gasteiger partial charge in [0.25, 0.3) is 0 Å². The van der Waals surface area contributed by atoms with Crippen LogP contribution in [0.4, 0.5) is 5.69 Å². The highest BCUT2D eigenvalue weighted by Gasteiger charge is 2.23. The van der Waals surface area contributed by atoms with Gasteiger partial charge in [0.1, 0.15) is 0 Å². The van der Waals surface area contributed by atoms with Gasteiger partial charge in [-0.25, -0.2) is 13.1 Å². The first-order chi connectivity index (χ1) is 15.7. The quantitative estimate of drug-likeness (QED) is 0.576. The number of anilines is 1. The Balaban J connectivity index is 1.63. The van der Waals surface area contributed by atoms with Gasteiger partial charge < -0.3 is 14.5 Å². The minimum absolute atomic E-state index is 0.0203. The SMILES string of the molecule is Cc1ccc(C=CS(=O)(=O)NCC(=O)N(Cc2ccc(N(C)C)cc2)CC2CCCO2)cc1. The summed E-state index contributed by atoms with van der Waals surface area (Å²) in [5.74, 6) is -0.283. The molecular formula is C25H33N3O4S. The van der Waals surface area contributed by atoms with Crippen molar-refractivity contribution in [3.05, 3.63) is 70.6 Å². The monoisotopic (exact) mass is 471 g/mol. The third kappa shape index (κ3) is 7.99. The Labute approximate surface area is 197 Å². The predicted octanol–water partition coefficient (Wildman–Crippen LogP) is 3.16. The van der Waals surface area contributed by atoms with E-state index in [0.29, 0.717) is 19.7 Å². The van der Waals surface area contributed by atoms with Crippen molar-refractivity contribution in [3.63, 3.8) is 0 Å². The first-order valence-electron chi connectivity index (χ1n) is 11.1. The molecule has 33 heavy (non-hydrogen) atoms. The fourth-order valence-corrected chi connectivity index (χ4v) is 4.33. The van der Waals surface area contributed by atoms with Crippen molar-refractivity contribution in [3.8, 4) is 0 Å². The molecule has 178 valence electrons. The van der Waals surface area contributed by atoms with Gasteiger partial charge in [-0.1, -0.05) is 42.0 Å². The maximum atomic E-state index is 13.0. The lowest BCUT2D eigenvalue weighted by Gasteiger charge is -2.26. The van der Waals surface area contributed by atoms with Crippen molar-refractivity contribution in [1.82, 2.24) is 9.62 Å². The molecule has 0 radical (unpaired) electrons. The van der Waals surface area contributed by atoms with Crippen LogP contribution in [0.5, 0.6) is 0 Å². The highest BCUT2D eigenvalue weighted by molar-refractivity contribution is 7.92. The summed E-state index contributed by atoms with van der Waals surface area (Å²) >= 11 is 0. The van der Waals surface area contributed by atoms with E-state index in [9.17, 15) is 13.2 Å². The number of benzene rings is 2. The second-order valence-electron chi connectivity index (χ2n) is 8.55. The molecule has 1 aliphatic rings. The predicted molar refractivity (Wildman–Crippen MR) is 132 cm³/mol. The Hall–Kier alpha value is -2.68. The first-order valence-corrected chi connectivity index (χ1v) is 12.7. The Kier molecular flexibility index (Phi) is 8.66. The van der Waals surface area contributed by atoms with E-state index in [1.807, 2.05) is 74.4 Å². The average Bonchev–Trinajstić information content (AvgIpc) is 3.30. The molecule has 0 aromatic heterocycles. The van der Waals surface area contributed by atoms with E-state index in [4.69, 9.17) is 4.74 Å². The van der Waals surface area contributed by atoms with E-state index in [2.05, 4.69) is 4.72 Å². The zero-order valence-electron chi connectivity index (χ0n) is 19.5. The molecule has 1 aliphatic heterocycles. The van der Waals surface area contributed by atoms with Crippen LogP contribution in [-0.4, -0.2) is 59.1 Å². The van der Waals surface area contributed by atoms with E-state index < -0.39 is 10.0 Å². The van der Waals surface area contributed by atoms with Crippen molar-refractivity contribution in [1.29, 1.82) is 0 Å². The van der Waals surface area contributed by atoms with Gasteiger partial charge in [0.15, 0.2) is 0 Å². The number of hydrogen-bond acceptors (Lipinski definition) is 5. The summed E-state index contributed by atoms with van der Waals surface area (Å²) in [6, 6.07) is 15.5. The maximum Gasteiger partial charge on any atom is 0.238 e. The Bertz CT molecular complexity index is 1040. The maximum absolute atomic E-state index is 13.0. The number of hydrogen-bond donors (Lipinski definition) is 1. The average molecular weight is 472 g/mol. The molecule has 1 atom stereocenters. The normalized spacial score (nSPS) is 16.3. The molecule has 7 nitrogen and oxygen atoms in total. The summed E-state index contributed by atoms with van der Waals surface area (Å²) < 4.78 is 32.9. The van der Waals surface area contributed by atoms with Crippen LogP contribution < -0.4 is 9.62 Å². The number of rotatable bonds is 10. The standard InChI is InChI=1S/C25H33N3O4S/c1-20-6-8-21(9-7-20)14-16-33(30,31)26-17-25(29)28(19-24-5-4-15-32-24)18-22-10-12-23(13-11-22)27(2)3/h6-14,16,24,26H,4-5,15,17-19H2,1-3H3. The largest absolute Gasteiger partial charge is 0.378 e. The van der Waals surface area contributed by atoms with Gasteiger partial charge in [0.05, 0.1) is 12.6 Å². The van der Waals surface area contributed by atoms with Crippen LogP contribution in [0.2, 0.25) is 0 Å². The number of aryl methyl sites for hydroxylation is 1. The number of carbonyl (C=O) groups excluding carboxylic acids is 1. The number of sulfonamides is 1. The number of nitrogens with one attached hydrogen (secondary N) is 1. The molecule has 1 unspecified atom stereocenters. The summed E-state index contributed by atoms with van der Waals surface area (Å²) in [7, 11) is 0.199. The summed E-state index contributed by atoms with van der Waals surface area (Å²) in [4.78, 5) is 16.7. The fourth-order valence-electron chi connectivity index (χ4n) is 3.58. The van der Waals surface area contributed by atoms with E-state index in [-0.39, 0.29) is 18.6 Å². The van der Waals surface area contributed by atoms with Crippen molar-refractivity contribution in [2.75, 3.05) is 38.7 Å². The van der Waals surface area contributed by atoms with Crippen molar-refractivity contribution in [2.24, 2.45) is 0 Å². The van der Waals surface area contributed by atoms with E-state index >= 15 is 0 Å². The zero-order valence-corrected chi connectivity index (χ0v) is 20.3. The second-order valence-corrected chi connectivity index (χ2v) is 10.2. The van der Waals surface area contributed by atoms with Gasteiger partial charge in [0, 0.05) is 44.9 Å². The lowest BCUT2D eigenvalue weighted by atomic mass is 10.1. The molecule has 1 amide bonds. The highest BCUT2D eigenvalue weighted by atomic mass is 32.2. The van der Waals surface area contributed by atoms with Crippen LogP contribution in [0.25, 0.3) is 6.08 Å². The Morgan fingerprint density at radius 2 is 1.82 bits per heavy atom.